The molecule has 0 aromatic rings. The first-order chi connectivity index (χ1) is 22.5. The van der Waals surface area contributed by atoms with Crippen LogP contribution < -0.4 is 0 Å². The minimum Gasteiger partial charge on any atom is -0.463 e. The lowest BCUT2D eigenvalue weighted by Crippen LogP contribution is -2.25. The lowest BCUT2D eigenvalue weighted by Gasteiger charge is -2.12. The Morgan fingerprint density at radius 2 is 1.15 bits per heavy atom. The molecule has 1 fully saturated rings. The molecule has 1 aliphatic rings. The summed E-state index contributed by atoms with van der Waals surface area (Å²) in [5.41, 5.74) is 0. The summed E-state index contributed by atoms with van der Waals surface area (Å²) in [5.74, 6) is 0.238. The van der Waals surface area contributed by atoms with E-state index in [0.717, 1.165) is 50.9 Å². The number of carbonyl (C=O) groups excluding carboxylic acids is 2. The van der Waals surface area contributed by atoms with Gasteiger partial charge >= 0.3 is 11.9 Å². The zero-order valence-electron chi connectivity index (χ0n) is 29.9. The molecule has 4 atom stereocenters. The predicted octanol–water partition coefficient (Wildman–Crippen LogP) is 10.5. The van der Waals surface area contributed by atoms with E-state index in [1.165, 1.54) is 83.5 Å². The molecule has 1 N–H and O–H groups in total. The lowest BCUT2D eigenvalue weighted by atomic mass is 9.99. The third-order valence-electron chi connectivity index (χ3n) is 8.82. The highest BCUT2D eigenvalue weighted by molar-refractivity contribution is 5.69. The maximum absolute atomic E-state index is 12.0. The maximum atomic E-state index is 12.0. The van der Waals surface area contributed by atoms with Crippen LogP contribution in [0.25, 0.3) is 0 Å². The first-order valence-corrected chi connectivity index (χ1v) is 19.1. The highest BCUT2D eigenvalue weighted by atomic mass is 16.6. The average molecular weight is 647 g/mol. The second-order valence-electron chi connectivity index (χ2n) is 13.3. The van der Waals surface area contributed by atoms with Crippen molar-refractivity contribution in [2.75, 3.05) is 13.2 Å². The molecule has 6 nitrogen and oxygen atoms in total. The lowest BCUT2D eigenvalue weighted by molar-refractivity contribution is -0.152. The highest BCUT2D eigenvalue weighted by Gasteiger charge is 2.35. The van der Waals surface area contributed by atoms with E-state index in [4.69, 9.17) is 14.2 Å². The van der Waals surface area contributed by atoms with Crippen molar-refractivity contribution in [3.05, 3.63) is 36.5 Å². The maximum Gasteiger partial charge on any atom is 0.305 e. The number of rotatable bonds is 32. The van der Waals surface area contributed by atoms with E-state index in [1.807, 2.05) is 0 Å². The summed E-state index contributed by atoms with van der Waals surface area (Å²) in [6.07, 6.45) is 37.9. The van der Waals surface area contributed by atoms with Crippen molar-refractivity contribution in [1.82, 2.24) is 0 Å². The monoisotopic (exact) mass is 647 g/mol. The van der Waals surface area contributed by atoms with E-state index >= 15 is 0 Å². The quantitative estimate of drug-likeness (QED) is 0.0339. The molecule has 46 heavy (non-hydrogen) atoms. The molecule has 1 saturated heterocycles. The van der Waals surface area contributed by atoms with Crippen LogP contribution in [0.5, 0.6) is 0 Å². The molecule has 6 heteroatoms. The van der Waals surface area contributed by atoms with E-state index in [-0.39, 0.29) is 25.2 Å². The van der Waals surface area contributed by atoms with Gasteiger partial charge < -0.3 is 19.3 Å². The molecule has 3 unspecified atom stereocenters. The van der Waals surface area contributed by atoms with Crippen molar-refractivity contribution < 1.29 is 28.9 Å². The van der Waals surface area contributed by atoms with Crippen molar-refractivity contribution in [3.63, 3.8) is 0 Å². The first-order valence-electron chi connectivity index (χ1n) is 19.1. The van der Waals surface area contributed by atoms with Crippen molar-refractivity contribution in [2.45, 2.75) is 187 Å². The van der Waals surface area contributed by atoms with Crippen LogP contribution in [0.4, 0.5) is 0 Å². The van der Waals surface area contributed by atoms with Gasteiger partial charge in [-0.25, -0.2) is 0 Å². The van der Waals surface area contributed by atoms with Crippen LogP contribution in [0, 0.1) is 5.92 Å². The molecule has 1 heterocycles. The zero-order valence-corrected chi connectivity index (χ0v) is 29.9. The fraction of sp³-hybridized carbons (Fsp3) is 0.800. The van der Waals surface area contributed by atoms with Gasteiger partial charge in [0.05, 0.1) is 12.2 Å². The third-order valence-corrected chi connectivity index (χ3v) is 8.82. The Hall–Kier alpha value is -1.92. The van der Waals surface area contributed by atoms with Crippen LogP contribution in [-0.4, -0.2) is 48.6 Å². The van der Waals surface area contributed by atoms with Gasteiger partial charge in [0.15, 0.2) is 0 Å². The van der Waals surface area contributed by atoms with Gasteiger partial charge in [-0.2, -0.15) is 0 Å². The highest BCUT2D eigenvalue weighted by Crippen LogP contribution is 2.29. The van der Waals surface area contributed by atoms with Crippen LogP contribution in [0.3, 0.4) is 0 Å². The van der Waals surface area contributed by atoms with Crippen molar-refractivity contribution in [2.24, 2.45) is 5.92 Å². The van der Waals surface area contributed by atoms with Crippen molar-refractivity contribution in [1.29, 1.82) is 0 Å². The molecule has 0 amide bonds. The number of hydrogen-bond acceptors (Lipinski definition) is 6. The van der Waals surface area contributed by atoms with E-state index < -0.39 is 6.10 Å². The van der Waals surface area contributed by atoms with Crippen LogP contribution in [0.15, 0.2) is 36.5 Å². The van der Waals surface area contributed by atoms with E-state index in [2.05, 4.69) is 57.2 Å². The molecule has 0 aromatic carbocycles. The van der Waals surface area contributed by atoms with Gasteiger partial charge in [0.2, 0.25) is 0 Å². The number of carbonyl (C=O) groups is 2. The second kappa shape index (κ2) is 30.4. The Morgan fingerprint density at radius 1 is 0.652 bits per heavy atom. The Kier molecular flexibility index (Phi) is 27.8. The predicted molar refractivity (Wildman–Crippen MR) is 191 cm³/mol. The summed E-state index contributed by atoms with van der Waals surface area (Å²) in [6.45, 7) is 6.57. The summed E-state index contributed by atoms with van der Waals surface area (Å²) >= 11 is 0. The minimum absolute atomic E-state index is 0.137. The average Bonchev–Trinajstić information content (AvgIpc) is 3.81. The summed E-state index contributed by atoms with van der Waals surface area (Å²) in [6, 6.07) is 0. The Morgan fingerprint density at radius 3 is 1.76 bits per heavy atom. The molecule has 1 rings (SSSR count). The first kappa shape index (κ1) is 42.1. The van der Waals surface area contributed by atoms with Gasteiger partial charge in [-0.15, -0.1) is 0 Å². The van der Waals surface area contributed by atoms with Gasteiger partial charge in [-0.1, -0.05) is 141 Å². The molecule has 0 aromatic heterocycles. The van der Waals surface area contributed by atoms with Gasteiger partial charge in [-0.3, -0.25) is 9.59 Å². The summed E-state index contributed by atoms with van der Waals surface area (Å²) in [7, 11) is 0. The van der Waals surface area contributed by atoms with Gasteiger partial charge in [0, 0.05) is 12.8 Å². The van der Waals surface area contributed by atoms with Crippen molar-refractivity contribution >= 4 is 11.9 Å². The Balaban J connectivity index is 1.88. The molecule has 0 saturated carbocycles. The minimum atomic E-state index is -0.990. The van der Waals surface area contributed by atoms with Crippen LogP contribution in [-0.2, 0) is 23.8 Å². The number of epoxide rings is 1. The topological polar surface area (TPSA) is 85.4 Å². The zero-order chi connectivity index (χ0) is 33.5. The number of esters is 2. The van der Waals surface area contributed by atoms with Crippen LogP contribution in [0.1, 0.15) is 168 Å². The number of unbranched alkanes of at least 4 members (excludes halogenated alkanes) is 13. The van der Waals surface area contributed by atoms with E-state index in [9.17, 15) is 14.7 Å². The summed E-state index contributed by atoms with van der Waals surface area (Å²) in [4.78, 5) is 23.9. The summed E-state index contributed by atoms with van der Waals surface area (Å²) in [5, 5.41) is 10.0. The van der Waals surface area contributed by atoms with E-state index in [0.29, 0.717) is 31.5 Å². The molecule has 0 aliphatic carbocycles. The fourth-order valence-electron chi connectivity index (χ4n) is 5.39. The standard InChI is InChI=1S/C40H70O6/c1-4-6-7-8-9-12-16-19-24-29-37-38(46-37)30-25-21-22-27-32-40(43)45-34-36(41)33-44-39(42)31-26-20-17-14-11-10-13-15-18-23-28-35(3)5-2/h9,12,19,21,24-25,35-38,41H,4-8,10-11,13-18,20,22-23,26-34H2,1-3H3/b12-9-,24-19-,25-21-/t35?,36-,37?,38?/m0/s1. The Labute approximate surface area is 282 Å². The number of allylic oxidation sites excluding steroid dienone is 4. The molecular weight excluding hydrogens is 576 g/mol. The van der Waals surface area contributed by atoms with Crippen LogP contribution in [0.2, 0.25) is 0 Å². The third kappa shape index (κ3) is 27.2. The van der Waals surface area contributed by atoms with Gasteiger partial charge in [0.1, 0.15) is 19.3 Å². The molecule has 266 valence electrons. The molecule has 0 spiro atoms. The smallest absolute Gasteiger partial charge is 0.305 e. The normalized spacial score (nSPS) is 17.7. The second-order valence-corrected chi connectivity index (χ2v) is 13.3. The van der Waals surface area contributed by atoms with Gasteiger partial charge in [-0.05, 0) is 57.3 Å². The molecular formula is C40H70O6. The number of ether oxygens (including phenoxy) is 3. The number of hydrogen-bond donors (Lipinski definition) is 1. The van der Waals surface area contributed by atoms with Crippen molar-refractivity contribution in [3.8, 4) is 0 Å². The largest absolute Gasteiger partial charge is 0.463 e. The molecule has 1 aliphatic heterocycles. The summed E-state index contributed by atoms with van der Waals surface area (Å²) < 4.78 is 16.0. The Bertz CT molecular complexity index is 819. The molecule has 0 radical (unpaired) electrons. The van der Waals surface area contributed by atoms with Gasteiger partial charge in [0.25, 0.3) is 0 Å². The van der Waals surface area contributed by atoms with E-state index in [1.54, 1.807) is 0 Å². The van der Waals surface area contributed by atoms with Crippen LogP contribution >= 0.6 is 0 Å². The SMILES string of the molecule is CCCCC/C=C\C/C=C\CC1OC1C/C=C\CCCC(=O)OC[C@@H](O)COC(=O)CCCCCCCCCCCCC(C)CC. The number of aliphatic hydroxyl groups excluding tert-OH is 1. The fourth-order valence-corrected chi connectivity index (χ4v) is 5.39. The number of aliphatic hydroxyl groups is 1. The molecule has 0 bridgehead atoms.